The largest absolute Gasteiger partial charge is 0.393 e. The van der Waals surface area contributed by atoms with Crippen LogP contribution in [-0.4, -0.2) is 42.2 Å². The van der Waals surface area contributed by atoms with Crippen molar-refractivity contribution < 1.29 is 9.90 Å². The number of nitrogens with one attached hydrogen (secondary N) is 1. The number of rotatable bonds is 7. The van der Waals surface area contributed by atoms with Crippen LogP contribution in [0, 0.1) is 0 Å². The van der Waals surface area contributed by atoms with Crippen LogP contribution in [0.3, 0.4) is 0 Å². The fourth-order valence-corrected chi connectivity index (χ4v) is 2.03. The first-order valence-electron chi connectivity index (χ1n) is 5.73. The monoisotopic (exact) mass is 256 g/mol. The lowest BCUT2D eigenvalue weighted by Crippen LogP contribution is -2.35. The van der Waals surface area contributed by atoms with Gasteiger partial charge < -0.3 is 10.4 Å². The summed E-state index contributed by atoms with van der Waals surface area (Å²) in [6.07, 6.45) is 0.376. The highest BCUT2D eigenvalue weighted by atomic mass is 32.1. The summed E-state index contributed by atoms with van der Waals surface area (Å²) in [6, 6.07) is 3.98. The Balaban J connectivity index is 2.16. The Bertz CT molecular complexity index is 325. The van der Waals surface area contributed by atoms with Gasteiger partial charge in [0.05, 0.1) is 19.2 Å². The van der Waals surface area contributed by atoms with E-state index in [9.17, 15) is 4.79 Å². The van der Waals surface area contributed by atoms with E-state index in [2.05, 4.69) is 5.32 Å². The molecule has 0 bridgehead atoms. The van der Waals surface area contributed by atoms with Gasteiger partial charge in [0, 0.05) is 11.4 Å². The fourth-order valence-electron chi connectivity index (χ4n) is 1.39. The summed E-state index contributed by atoms with van der Waals surface area (Å²) in [5.41, 5.74) is 0. The average molecular weight is 256 g/mol. The van der Waals surface area contributed by atoms with Crippen LogP contribution in [0.4, 0.5) is 0 Å². The minimum atomic E-state index is -0.313. The van der Waals surface area contributed by atoms with Crippen molar-refractivity contribution in [1.29, 1.82) is 0 Å². The Hall–Kier alpha value is -0.910. The number of amides is 1. The molecule has 1 unspecified atom stereocenters. The lowest BCUT2D eigenvalue weighted by Gasteiger charge is -2.16. The maximum Gasteiger partial charge on any atom is 0.234 e. The van der Waals surface area contributed by atoms with Gasteiger partial charge in [-0.05, 0) is 31.8 Å². The Morgan fingerprint density at radius 1 is 1.65 bits per heavy atom. The first kappa shape index (κ1) is 14.2. The summed E-state index contributed by atoms with van der Waals surface area (Å²) in [5.74, 6) is 0.0199. The second-order valence-electron chi connectivity index (χ2n) is 4.23. The van der Waals surface area contributed by atoms with Crippen LogP contribution in [0.25, 0.3) is 0 Å². The van der Waals surface area contributed by atoms with Gasteiger partial charge in [0.25, 0.3) is 0 Å². The van der Waals surface area contributed by atoms with Crippen molar-refractivity contribution in [3.05, 3.63) is 22.4 Å². The van der Waals surface area contributed by atoms with Gasteiger partial charge in [-0.2, -0.15) is 0 Å². The van der Waals surface area contributed by atoms with Crippen LogP contribution in [0.15, 0.2) is 17.5 Å². The van der Waals surface area contributed by atoms with Crippen molar-refractivity contribution in [2.45, 2.75) is 26.0 Å². The summed E-state index contributed by atoms with van der Waals surface area (Å²) in [5, 5.41) is 14.0. The summed E-state index contributed by atoms with van der Waals surface area (Å²) in [6.45, 7) is 3.45. The highest BCUT2D eigenvalue weighted by Crippen LogP contribution is 2.07. The average Bonchev–Trinajstić information content (AvgIpc) is 2.76. The molecule has 0 aliphatic rings. The fraction of sp³-hybridized carbons (Fsp3) is 0.583. The normalized spacial score (nSPS) is 12.7. The maximum atomic E-state index is 11.6. The van der Waals surface area contributed by atoms with E-state index in [4.69, 9.17) is 5.11 Å². The molecule has 5 heteroatoms. The molecule has 0 radical (unpaired) electrons. The number of nitrogens with zero attached hydrogens (tertiary/aromatic N) is 1. The molecule has 0 spiro atoms. The van der Waals surface area contributed by atoms with Crippen LogP contribution < -0.4 is 5.32 Å². The number of carbonyl (C=O) groups excluding carboxylic acids is 1. The molecule has 0 saturated carbocycles. The van der Waals surface area contributed by atoms with E-state index < -0.39 is 0 Å². The van der Waals surface area contributed by atoms with Gasteiger partial charge in [0.15, 0.2) is 0 Å². The molecule has 1 aromatic rings. The van der Waals surface area contributed by atoms with Gasteiger partial charge in [0.2, 0.25) is 5.91 Å². The van der Waals surface area contributed by atoms with Gasteiger partial charge in [0.1, 0.15) is 0 Å². The summed E-state index contributed by atoms with van der Waals surface area (Å²) in [7, 11) is 1.88. The van der Waals surface area contributed by atoms with Gasteiger partial charge >= 0.3 is 0 Å². The van der Waals surface area contributed by atoms with Crippen LogP contribution in [-0.2, 0) is 11.3 Å². The van der Waals surface area contributed by atoms with E-state index in [0.29, 0.717) is 19.5 Å². The van der Waals surface area contributed by atoms with Gasteiger partial charge in [-0.3, -0.25) is 9.69 Å². The predicted molar refractivity (Wildman–Crippen MR) is 70.0 cm³/mol. The summed E-state index contributed by atoms with van der Waals surface area (Å²) in [4.78, 5) is 14.7. The molecule has 0 fully saturated rings. The zero-order valence-electron chi connectivity index (χ0n) is 10.3. The molecule has 0 aliphatic heterocycles. The lowest BCUT2D eigenvalue weighted by atomic mass is 10.3. The summed E-state index contributed by atoms with van der Waals surface area (Å²) >= 11 is 1.64. The minimum absolute atomic E-state index is 0.0199. The second kappa shape index (κ2) is 7.42. The number of likely N-dealkylation sites (N-methyl/N-ethyl adjacent to an activating group) is 1. The van der Waals surface area contributed by atoms with Gasteiger partial charge in [-0.25, -0.2) is 0 Å². The number of hydrogen-bond acceptors (Lipinski definition) is 4. The third-order valence-electron chi connectivity index (χ3n) is 2.38. The van der Waals surface area contributed by atoms with Crippen molar-refractivity contribution in [3.63, 3.8) is 0 Å². The smallest absolute Gasteiger partial charge is 0.234 e. The lowest BCUT2D eigenvalue weighted by molar-refractivity contribution is -0.122. The number of aliphatic hydroxyl groups is 1. The van der Waals surface area contributed by atoms with E-state index in [1.807, 2.05) is 29.5 Å². The molecular formula is C12H20N2O2S. The minimum Gasteiger partial charge on any atom is -0.393 e. The maximum absolute atomic E-state index is 11.6. The summed E-state index contributed by atoms with van der Waals surface area (Å²) < 4.78 is 0. The second-order valence-corrected chi connectivity index (χ2v) is 5.26. The van der Waals surface area contributed by atoms with Crippen molar-refractivity contribution in [2.24, 2.45) is 0 Å². The third kappa shape index (κ3) is 6.41. The molecule has 1 rings (SSSR count). The molecule has 1 amide bonds. The Morgan fingerprint density at radius 2 is 2.41 bits per heavy atom. The molecule has 1 aromatic heterocycles. The van der Waals surface area contributed by atoms with Crippen molar-refractivity contribution in [1.82, 2.24) is 10.2 Å². The number of thiophene rings is 1. The molecule has 96 valence electrons. The molecule has 2 N–H and O–H groups in total. The molecule has 0 saturated heterocycles. The molecule has 17 heavy (non-hydrogen) atoms. The zero-order chi connectivity index (χ0) is 12.7. The third-order valence-corrected chi connectivity index (χ3v) is 3.26. The van der Waals surface area contributed by atoms with E-state index >= 15 is 0 Å². The van der Waals surface area contributed by atoms with Gasteiger partial charge in [-0.1, -0.05) is 6.07 Å². The number of aliphatic hydroxyl groups excluding tert-OH is 1. The molecule has 1 atom stereocenters. The van der Waals surface area contributed by atoms with Crippen molar-refractivity contribution >= 4 is 17.2 Å². The molecule has 1 heterocycles. The standard InChI is InChI=1S/C12H20N2O2S/c1-10(15)5-6-14(2)9-12(16)13-8-11-4-3-7-17-11/h3-4,7,10,15H,5-6,8-9H2,1-2H3,(H,13,16). The number of hydrogen-bond donors (Lipinski definition) is 2. The van der Waals surface area contributed by atoms with E-state index in [1.165, 1.54) is 0 Å². The van der Waals surface area contributed by atoms with Crippen molar-refractivity contribution in [2.75, 3.05) is 20.1 Å². The molecule has 0 aliphatic carbocycles. The molecule has 4 nitrogen and oxygen atoms in total. The Labute approximate surface area is 106 Å². The first-order chi connectivity index (χ1) is 8.08. The predicted octanol–water partition coefficient (Wildman–Crippen LogP) is 1.07. The van der Waals surface area contributed by atoms with Crippen LogP contribution in [0.5, 0.6) is 0 Å². The number of carbonyl (C=O) groups is 1. The Kier molecular flexibility index (Phi) is 6.18. The van der Waals surface area contributed by atoms with Crippen LogP contribution >= 0.6 is 11.3 Å². The zero-order valence-corrected chi connectivity index (χ0v) is 11.2. The van der Waals surface area contributed by atoms with Crippen molar-refractivity contribution in [3.8, 4) is 0 Å². The van der Waals surface area contributed by atoms with E-state index in [1.54, 1.807) is 18.3 Å². The van der Waals surface area contributed by atoms with Gasteiger partial charge in [-0.15, -0.1) is 11.3 Å². The van der Waals surface area contributed by atoms with E-state index in [0.717, 1.165) is 11.4 Å². The SMILES string of the molecule is CC(O)CCN(C)CC(=O)NCc1cccs1. The highest BCUT2D eigenvalue weighted by Gasteiger charge is 2.07. The first-order valence-corrected chi connectivity index (χ1v) is 6.61. The van der Waals surface area contributed by atoms with E-state index in [-0.39, 0.29) is 12.0 Å². The topological polar surface area (TPSA) is 52.6 Å². The highest BCUT2D eigenvalue weighted by molar-refractivity contribution is 7.09. The molecular weight excluding hydrogens is 236 g/mol. The molecule has 0 aromatic carbocycles. The van der Waals surface area contributed by atoms with Crippen LogP contribution in [0.2, 0.25) is 0 Å². The Morgan fingerprint density at radius 3 is 3.00 bits per heavy atom. The quantitative estimate of drug-likeness (QED) is 0.767. The van der Waals surface area contributed by atoms with Crippen LogP contribution in [0.1, 0.15) is 18.2 Å².